The van der Waals surface area contributed by atoms with Gasteiger partial charge in [-0.1, -0.05) is 53.7 Å². The van der Waals surface area contributed by atoms with E-state index >= 15 is 0 Å². The van der Waals surface area contributed by atoms with Crippen molar-refractivity contribution in [3.8, 4) is 0 Å². The predicted molar refractivity (Wildman–Crippen MR) is 148 cm³/mol. The first-order valence-electron chi connectivity index (χ1n) is 12.8. The van der Waals surface area contributed by atoms with Gasteiger partial charge in [0.2, 0.25) is 5.91 Å². The number of nitrogens with one attached hydrogen (secondary N) is 1. The number of rotatable bonds is 7. The summed E-state index contributed by atoms with van der Waals surface area (Å²) in [6.45, 7) is 11.9. The van der Waals surface area contributed by atoms with Gasteiger partial charge in [0, 0.05) is 70.5 Å². The Hall–Kier alpha value is -2.56. The van der Waals surface area contributed by atoms with Gasteiger partial charge in [-0.05, 0) is 26.3 Å². The quantitative estimate of drug-likeness (QED) is 0.325. The predicted octanol–water partition coefficient (Wildman–Crippen LogP) is 3.20. The molecule has 0 bridgehead atoms. The fourth-order valence-electron chi connectivity index (χ4n) is 4.62. The summed E-state index contributed by atoms with van der Waals surface area (Å²) in [5, 5.41) is 3.80. The van der Waals surface area contributed by atoms with Gasteiger partial charge in [0.15, 0.2) is 5.16 Å². The molecule has 3 heterocycles. The lowest BCUT2D eigenvalue weighted by molar-refractivity contribution is -0.130. The molecule has 4 rings (SSSR count). The van der Waals surface area contributed by atoms with Crippen LogP contribution in [0.5, 0.6) is 0 Å². The number of anilines is 1. The standard InChI is InChI=1S/C26H36ClN7O2S/c1-19(2)28-26(36)34-14-13-33(16-20(34)3)23-15-22(27)29-25(30-23)37-18-24(35)32-11-9-31(10-12-32)17-21-7-5-4-6-8-21/h4-8,15,19-20H,9-14,16-18H2,1-3H3,(H,28,36). The number of piperazine rings is 2. The molecule has 2 aliphatic heterocycles. The van der Waals surface area contributed by atoms with Crippen LogP contribution in [0.4, 0.5) is 10.6 Å². The Labute approximate surface area is 228 Å². The summed E-state index contributed by atoms with van der Waals surface area (Å²) < 4.78 is 0. The van der Waals surface area contributed by atoms with Gasteiger partial charge in [-0.25, -0.2) is 14.8 Å². The summed E-state index contributed by atoms with van der Waals surface area (Å²) in [5.74, 6) is 1.09. The van der Waals surface area contributed by atoms with Crippen molar-refractivity contribution in [3.05, 3.63) is 47.1 Å². The second kappa shape index (κ2) is 12.8. The van der Waals surface area contributed by atoms with Gasteiger partial charge in [0.05, 0.1) is 5.75 Å². The van der Waals surface area contributed by atoms with E-state index in [0.29, 0.717) is 29.9 Å². The number of nitrogens with zero attached hydrogens (tertiary/aromatic N) is 6. The normalized spacial score (nSPS) is 18.8. The molecule has 2 saturated heterocycles. The highest BCUT2D eigenvalue weighted by Gasteiger charge is 2.29. The first kappa shape index (κ1) is 27.5. The van der Waals surface area contributed by atoms with Crippen LogP contribution in [0, 0.1) is 0 Å². The third-order valence-corrected chi connectivity index (χ3v) is 7.61. The molecule has 1 unspecified atom stereocenters. The van der Waals surface area contributed by atoms with Gasteiger partial charge < -0.3 is 20.0 Å². The number of aromatic nitrogens is 2. The van der Waals surface area contributed by atoms with Crippen molar-refractivity contribution in [2.24, 2.45) is 0 Å². The third-order valence-electron chi connectivity index (χ3n) is 6.58. The molecular weight excluding hydrogens is 510 g/mol. The van der Waals surface area contributed by atoms with E-state index in [1.807, 2.05) is 36.6 Å². The molecule has 0 saturated carbocycles. The Morgan fingerprint density at radius 3 is 2.49 bits per heavy atom. The number of benzene rings is 1. The number of halogens is 1. The van der Waals surface area contributed by atoms with Gasteiger partial charge in [-0.2, -0.15) is 0 Å². The zero-order valence-electron chi connectivity index (χ0n) is 21.8. The summed E-state index contributed by atoms with van der Waals surface area (Å²) in [6.07, 6.45) is 0. The molecule has 2 fully saturated rings. The molecule has 200 valence electrons. The molecule has 11 heteroatoms. The second-order valence-corrected chi connectivity index (χ2v) is 11.2. The maximum Gasteiger partial charge on any atom is 0.317 e. The largest absolute Gasteiger partial charge is 0.353 e. The summed E-state index contributed by atoms with van der Waals surface area (Å²) in [5.41, 5.74) is 1.29. The lowest BCUT2D eigenvalue weighted by Crippen LogP contribution is -2.57. The smallest absolute Gasteiger partial charge is 0.317 e. The fourth-order valence-corrected chi connectivity index (χ4v) is 5.61. The van der Waals surface area contributed by atoms with Crippen molar-refractivity contribution in [3.63, 3.8) is 0 Å². The molecule has 1 aromatic carbocycles. The summed E-state index contributed by atoms with van der Waals surface area (Å²) in [4.78, 5) is 42.6. The minimum atomic E-state index is -0.0430. The monoisotopic (exact) mass is 545 g/mol. The van der Waals surface area contributed by atoms with Crippen LogP contribution in [0.3, 0.4) is 0 Å². The van der Waals surface area contributed by atoms with Crippen molar-refractivity contribution >= 4 is 41.1 Å². The average Bonchev–Trinajstić information content (AvgIpc) is 2.87. The van der Waals surface area contributed by atoms with E-state index in [4.69, 9.17) is 11.6 Å². The zero-order chi connectivity index (χ0) is 26.4. The molecule has 2 aliphatic rings. The Morgan fingerprint density at radius 2 is 1.81 bits per heavy atom. The maximum atomic E-state index is 12.9. The summed E-state index contributed by atoms with van der Waals surface area (Å²) in [6, 6.07) is 12.2. The van der Waals surface area contributed by atoms with Gasteiger partial charge in [-0.15, -0.1) is 0 Å². The van der Waals surface area contributed by atoms with Crippen molar-refractivity contribution < 1.29 is 9.59 Å². The first-order valence-corrected chi connectivity index (χ1v) is 14.2. The first-order chi connectivity index (χ1) is 17.8. The van der Waals surface area contributed by atoms with Crippen LogP contribution in [0.15, 0.2) is 41.6 Å². The van der Waals surface area contributed by atoms with Crippen LogP contribution in [0.1, 0.15) is 26.3 Å². The minimum Gasteiger partial charge on any atom is -0.353 e. The van der Waals surface area contributed by atoms with Gasteiger partial charge in [0.1, 0.15) is 11.0 Å². The maximum absolute atomic E-state index is 12.9. The molecule has 0 radical (unpaired) electrons. The number of urea groups is 1. The molecule has 1 N–H and O–H groups in total. The van der Waals surface area contributed by atoms with E-state index < -0.39 is 0 Å². The zero-order valence-corrected chi connectivity index (χ0v) is 23.3. The lowest BCUT2D eigenvalue weighted by atomic mass is 10.2. The highest BCUT2D eigenvalue weighted by atomic mass is 35.5. The lowest BCUT2D eigenvalue weighted by Gasteiger charge is -2.40. The van der Waals surface area contributed by atoms with Crippen LogP contribution in [-0.2, 0) is 11.3 Å². The topological polar surface area (TPSA) is 84.9 Å². The Kier molecular flexibility index (Phi) is 9.50. The minimum absolute atomic E-state index is 0.0273. The molecule has 37 heavy (non-hydrogen) atoms. The number of hydrogen-bond donors (Lipinski definition) is 1. The van der Waals surface area contributed by atoms with Gasteiger partial charge >= 0.3 is 6.03 Å². The van der Waals surface area contributed by atoms with E-state index in [1.165, 1.54) is 17.3 Å². The number of carbonyl (C=O) groups is 2. The number of carbonyl (C=O) groups excluding carboxylic acids is 2. The molecule has 3 amide bonds. The number of hydrogen-bond acceptors (Lipinski definition) is 7. The number of amides is 3. The Balaban J connectivity index is 1.27. The molecule has 2 aromatic rings. The number of thioether (sulfide) groups is 1. The van der Waals surface area contributed by atoms with Gasteiger partial charge in [-0.3, -0.25) is 9.69 Å². The van der Waals surface area contributed by atoms with E-state index in [0.717, 1.165) is 38.5 Å². The van der Waals surface area contributed by atoms with E-state index in [2.05, 4.69) is 49.4 Å². The fraction of sp³-hybridized carbons (Fsp3) is 0.538. The van der Waals surface area contributed by atoms with Gasteiger partial charge in [0.25, 0.3) is 0 Å². The SMILES string of the molecule is CC(C)NC(=O)N1CCN(c2cc(Cl)nc(SCC(=O)N3CCN(Cc4ccccc4)CC3)n2)CC1C. The van der Waals surface area contributed by atoms with Crippen molar-refractivity contribution in [1.29, 1.82) is 0 Å². The molecule has 9 nitrogen and oxygen atoms in total. The Morgan fingerprint density at radius 1 is 1.08 bits per heavy atom. The molecule has 0 spiro atoms. The summed E-state index contributed by atoms with van der Waals surface area (Å²) >= 11 is 7.64. The van der Waals surface area contributed by atoms with Crippen molar-refractivity contribution in [1.82, 2.24) is 30.0 Å². The van der Waals surface area contributed by atoms with Crippen molar-refractivity contribution in [2.45, 2.75) is 44.6 Å². The van der Waals surface area contributed by atoms with Crippen molar-refractivity contribution in [2.75, 3.05) is 56.5 Å². The van der Waals surface area contributed by atoms with E-state index in [-0.39, 0.29) is 29.8 Å². The highest BCUT2D eigenvalue weighted by molar-refractivity contribution is 7.99. The molecule has 0 aliphatic carbocycles. The van der Waals surface area contributed by atoms with Crippen LogP contribution in [-0.4, -0.2) is 100 Å². The van der Waals surface area contributed by atoms with Crippen LogP contribution in [0.25, 0.3) is 0 Å². The highest BCUT2D eigenvalue weighted by Crippen LogP contribution is 2.24. The second-order valence-electron chi connectivity index (χ2n) is 9.86. The van der Waals surface area contributed by atoms with Crippen LogP contribution >= 0.6 is 23.4 Å². The average molecular weight is 546 g/mol. The molecule has 1 atom stereocenters. The van der Waals surface area contributed by atoms with Crippen LogP contribution < -0.4 is 10.2 Å². The van der Waals surface area contributed by atoms with Crippen LogP contribution in [0.2, 0.25) is 5.15 Å². The van der Waals surface area contributed by atoms with E-state index in [9.17, 15) is 9.59 Å². The molecular formula is C26H36ClN7O2S. The van der Waals surface area contributed by atoms with E-state index in [1.54, 1.807) is 6.07 Å². The molecule has 1 aromatic heterocycles. The summed E-state index contributed by atoms with van der Waals surface area (Å²) in [7, 11) is 0. The third kappa shape index (κ3) is 7.72. The Bertz CT molecular complexity index is 1070.